The molecule has 2 aliphatic rings. The number of esters is 2. The highest BCUT2D eigenvalue weighted by molar-refractivity contribution is 6.03. The molecule has 0 saturated carbocycles. The number of rotatable bonds is 2. The molecule has 0 radical (unpaired) electrons. The quantitative estimate of drug-likeness (QED) is 0.739. The molecule has 0 aromatic rings. The second kappa shape index (κ2) is 8.23. The van der Waals surface area contributed by atoms with E-state index < -0.39 is 29.4 Å². The summed E-state index contributed by atoms with van der Waals surface area (Å²) >= 11 is 0. The van der Waals surface area contributed by atoms with Gasteiger partial charge in [0.1, 0.15) is 12.7 Å². The molecule has 2 atom stereocenters. The Kier molecular flexibility index (Phi) is 6.26. The van der Waals surface area contributed by atoms with Crippen LogP contribution in [-0.4, -0.2) is 46.9 Å². The lowest BCUT2D eigenvalue weighted by Gasteiger charge is -2.24. The van der Waals surface area contributed by atoms with Crippen molar-refractivity contribution < 1.29 is 33.8 Å². The number of hydrogen-bond acceptors (Lipinski definition) is 7. The SMILES string of the molecule is CC(=O)OC/C1=C\C(=O)C[C@](C)(O)C[C@H]2C=C(/C=C\CCC1=O)C(=O)O2. The van der Waals surface area contributed by atoms with Crippen LogP contribution in [0.1, 0.15) is 39.5 Å². The van der Waals surface area contributed by atoms with Crippen LogP contribution in [0.15, 0.2) is 35.5 Å². The number of carbonyl (C=O) groups is 4. The lowest BCUT2D eigenvalue weighted by molar-refractivity contribution is -0.142. The highest BCUT2D eigenvalue weighted by Crippen LogP contribution is 2.26. The number of fused-ring (bicyclic) bond motifs is 1. The summed E-state index contributed by atoms with van der Waals surface area (Å²) in [6, 6.07) is 0. The van der Waals surface area contributed by atoms with Crippen LogP contribution in [0.3, 0.4) is 0 Å². The van der Waals surface area contributed by atoms with Gasteiger partial charge in [-0.15, -0.1) is 0 Å². The van der Waals surface area contributed by atoms with Gasteiger partial charge in [0.15, 0.2) is 11.6 Å². The highest BCUT2D eigenvalue weighted by atomic mass is 16.5. The van der Waals surface area contributed by atoms with Gasteiger partial charge in [0.25, 0.3) is 0 Å². The van der Waals surface area contributed by atoms with E-state index in [4.69, 9.17) is 9.47 Å². The second-order valence-electron chi connectivity index (χ2n) is 6.72. The zero-order chi connectivity index (χ0) is 19.3. The van der Waals surface area contributed by atoms with E-state index in [0.717, 1.165) is 6.08 Å². The van der Waals surface area contributed by atoms with Gasteiger partial charge in [0.2, 0.25) is 0 Å². The first kappa shape index (κ1) is 19.8. The number of Topliss-reactive ketones (excluding diaryl/α,β-unsaturated/α-hetero) is 1. The minimum absolute atomic E-state index is 0.0584. The fraction of sp³-hybridized carbons (Fsp3) is 0.474. The van der Waals surface area contributed by atoms with E-state index in [9.17, 15) is 24.3 Å². The Balaban J connectivity index is 2.26. The maximum Gasteiger partial charge on any atom is 0.338 e. The van der Waals surface area contributed by atoms with E-state index in [1.54, 1.807) is 18.2 Å². The first-order valence-electron chi connectivity index (χ1n) is 8.38. The first-order valence-corrected chi connectivity index (χ1v) is 8.38. The van der Waals surface area contributed by atoms with Crippen molar-refractivity contribution in [3.63, 3.8) is 0 Å². The molecule has 2 bridgehead atoms. The Bertz CT molecular complexity index is 709. The van der Waals surface area contributed by atoms with Gasteiger partial charge in [-0.25, -0.2) is 4.79 Å². The van der Waals surface area contributed by atoms with Crippen LogP contribution >= 0.6 is 0 Å². The molecule has 140 valence electrons. The van der Waals surface area contributed by atoms with Crippen LogP contribution in [-0.2, 0) is 28.7 Å². The molecule has 2 rings (SSSR count). The molecule has 1 N–H and O–H groups in total. The summed E-state index contributed by atoms with van der Waals surface area (Å²) in [5.41, 5.74) is -0.980. The van der Waals surface area contributed by atoms with Crippen LogP contribution in [0.25, 0.3) is 0 Å². The van der Waals surface area contributed by atoms with Gasteiger partial charge in [0, 0.05) is 31.8 Å². The van der Waals surface area contributed by atoms with E-state index in [2.05, 4.69) is 0 Å². The lowest BCUT2D eigenvalue weighted by atomic mass is 9.91. The summed E-state index contributed by atoms with van der Waals surface area (Å²) in [5.74, 6) is -1.85. The van der Waals surface area contributed by atoms with Crippen LogP contribution in [0, 0.1) is 0 Å². The zero-order valence-electron chi connectivity index (χ0n) is 14.8. The molecule has 0 amide bonds. The molecular formula is C19H22O7. The Morgan fingerprint density at radius 3 is 2.81 bits per heavy atom. The molecule has 0 saturated heterocycles. The molecule has 1 aliphatic carbocycles. The Labute approximate surface area is 151 Å². The van der Waals surface area contributed by atoms with Crippen molar-refractivity contribution in [3.8, 4) is 0 Å². The topological polar surface area (TPSA) is 107 Å². The van der Waals surface area contributed by atoms with Gasteiger partial charge in [-0.2, -0.15) is 0 Å². The maximum atomic E-state index is 12.3. The van der Waals surface area contributed by atoms with Crippen molar-refractivity contribution in [2.24, 2.45) is 0 Å². The summed E-state index contributed by atoms with van der Waals surface area (Å²) < 4.78 is 10.0. The normalized spacial score (nSPS) is 30.6. The third-order valence-electron chi connectivity index (χ3n) is 4.02. The van der Waals surface area contributed by atoms with Gasteiger partial charge in [0.05, 0.1) is 11.2 Å². The smallest absolute Gasteiger partial charge is 0.338 e. The summed E-state index contributed by atoms with van der Waals surface area (Å²) in [6.07, 6.45) is 5.62. The van der Waals surface area contributed by atoms with Gasteiger partial charge in [-0.1, -0.05) is 12.2 Å². The lowest BCUT2D eigenvalue weighted by Crippen LogP contribution is -2.32. The minimum atomic E-state index is -1.42. The third-order valence-corrected chi connectivity index (χ3v) is 4.02. The summed E-state index contributed by atoms with van der Waals surface area (Å²) in [6.45, 7) is 2.39. The van der Waals surface area contributed by atoms with E-state index in [1.165, 1.54) is 13.8 Å². The molecule has 1 aliphatic heterocycles. The highest BCUT2D eigenvalue weighted by Gasteiger charge is 2.33. The molecule has 7 heteroatoms. The molecule has 0 fully saturated rings. The van der Waals surface area contributed by atoms with Crippen molar-refractivity contribution >= 4 is 23.5 Å². The fourth-order valence-corrected chi connectivity index (χ4v) is 2.83. The zero-order valence-corrected chi connectivity index (χ0v) is 14.8. The predicted octanol–water partition coefficient (Wildman–Crippen LogP) is 1.35. The van der Waals surface area contributed by atoms with E-state index in [-0.39, 0.29) is 37.2 Å². The Morgan fingerprint density at radius 1 is 1.38 bits per heavy atom. The number of aliphatic hydroxyl groups is 1. The van der Waals surface area contributed by atoms with Crippen molar-refractivity contribution in [1.82, 2.24) is 0 Å². The average Bonchev–Trinajstić information content (AvgIpc) is 2.84. The van der Waals surface area contributed by atoms with Crippen molar-refractivity contribution in [1.29, 1.82) is 0 Å². The molecule has 0 aromatic carbocycles. The fourth-order valence-electron chi connectivity index (χ4n) is 2.83. The Morgan fingerprint density at radius 2 is 2.12 bits per heavy atom. The van der Waals surface area contributed by atoms with Crippen molar-refractivity contribution in [2.75, 3.05) is 6.61 Å². The van der Waals surface area contributed by atoms with Gasteiger partial charge < -0.3 is 14.6 Å². The van der Waals surface area contributed by atoms with E-state index in [0.29, 0.717) is 12.0 Å². The molecular weight excluding hydrogens is 340 g/mol. The number of allylic oxidation sites excluding steroid dienone is 2. The second-order valence-corrected chi connectivity index (χ2v) is 6.72. The van der Waals surface area contributed by atoms with Crippen molar-refractivity contribution in [2.45, 2.75) is 51.2 Å². The van der Waals surface area contributed by atoms with Crippen LogP contribution in [0.5, 0.6) is 0 Å². The standard InChI is InChI=1S/C19H22O7/c1-12(20)25-11-14-7-15(21)9-19(2,24)10-16-8-13(18(23)26-16)5-3-4-6-17(14)22/h3,5,7-8,16,24H,4,6,9-11H2,1-2H3/b5-3-,14-7+/t16-,19+/m1/s1. The Hall–Kier alpha value is -2.54. The number of hydrogen-bond donors (Lipinski definition) is 1. The van der Waals surface area contributed by atoms with Gasteiger partial charge in [-0.05, 0) is 25.5 Å². The molecule has 1 heterocycles. The molecule has 0 spiro atoms. The van der Waals surface area contributed by atoms with Crippen LogP contribution in [0.4, 0.5) is 0 Å². The predicted molar refractivity (Wildman–Crippen MR) is 90.9 cm³/mol. The number of carbonyl (C=O) groups excluding carboxylic acids is 4. The van der Waals surface area contributed by atoms with Gasteiger partial charge in [-0.3, -0.25) is 14.4 Å². The molecule has 26 heavy (non-hydrogen) atoms. The van der Waals surface area contributed by atoms with E-state index in [1.807, 2.05) is 0 Å². The largest absolute Gasteiger partial charge is 0.461 e. The van der Waals surface area contributed by atoms with Crippen LogP contribution < -0.4 is 0 Å². The third kappa shape index (κ3) is 5.77. The molecule has 0 aromatic heterocycles. The summed E-state index contributed by atoms with van der Waals surface area (Å²) in [5, 5.41) is 10.5. The van der Waals surface area contributed by atoms with E-state index >= 15 is 0 Å². The molecule has 0 unspecified atom stereocenters. The monoisotopic (exact) mass is 362 g/mol. The first-order chi connectivity index (χ1) is 12.2. The van der Waals surface area contributed by atoms with Crippen LogP contribution in [0.2, 0.25) is 0 Å². The average molecular weight is 362 g/mol. The minimum Gasteiger partial charge on any atom is -0.461 e. The summed E-state index contributed by atoms with van der Waals surface area (Å²) in [4.78, 5) is 47.4. The van der Waals surface area contributed by atoms with Crippen molar-refractivity contribution in [3.05, 3.63) is 35.5 Å². The number of ketones is 2. The number of ether oxygens (including phenoxy) is 2. The maximum absolute atomic E-state index is 12.3. The molecule has 7 nitrogen and oxygen atoms in total. The van der Waals surface area contributed by atoms with Gasteiger partial charge >= 0.3 is 11.9 Å². The summed E-state index contributed by atoms with van der Waals surface area (Å²) in [7, 11) is 0.